The van der Waals surface area contributed by atoms with Crippen molar-refractivity contribution in [1.82, 2.24) is 15.6 Å². The maximum atomic E-state index is 11.6. The Hall–Kier alpha value is -2.30. The normalized spacial score (nSPS) is 10.8. The number of aromatic amines is 1. The number of H-pyrrole nitrogens is 1. The lowest BCUT2D eigenvalue weighted by atomic mass is 10.1. The zero-order valence-electron chi connectivity index (χ0n) is 12.4. The van der Waals surface area contributed by atoms with Crippen molar-refractivity contribution in [3.8, 4) is 0 Å². The molecule has 0 bridgehead atoms. The van der Waals surface area contributed by atoms with Crippen molar-refractivity contribution in [2.24, 2.45) is 5.92 Å². The van der Waals surface area contributed by atoms with Crippen LogP contribution in [0.5, 0.6) is 0 Å². The number of hydrogen-bond donors (Lipinski definition) is 3. The highest BCUT2D eigenvalue weighted by Crippen LogP contribution is 2.17. The number of rotatable bonds is 5. The summed E-state index contributed by atoms with van der Waals surface area (Å²) in [5, 5.41) is 6.39. The fourth-order valence-corrected chi connectivity index (χ4v) is 2.11. The van der Waals surface area contributed by atoms with Crippen LogP contribution in [0.1, 0.15) is 19.4 Å². The third kappa shape index (κ3) is 4.08. The second-order valence-corrected chi connectivity index (χ2v) is 5.47. The molecule has 112 valence electrons. The van der Waals surface area contributed by atoms with Crippen LogP contribution in [0.3, 0.4) is 0 Å². The predicted molar refractivity (Wildman–Crippen MR) is 82.9 cm³/mol. The Balaban J connectivity index is 1.81. The average molecular weight is 287 g/mol. The molecule has 2 rings (SSSR count). The van der Waals surface area contributed by atoms with E-state index in [1.165, 1.54) is 0 Å². The first-order valence-corrected chi connectivity index (χ1v) is 7.19. The number of para-hydroxylation sites is 1. The van der Waals surface area contributed by atoms with Gasteiger partial charge in [-0.25, -0.2) is 0 Å². The highest BCUT2D eigenvalue weighted by atomic mass is 16.2. The summed E-state index contributed by atoms with van der Waals surface area (Å²) in [6, 6.07) is 8.01. The van der Waals surface area contributed by atoms with Gasteiger partial charge in [0.25, 0.3) is 0 Å². The molecule has 0 aliphatic carbocycles. The lowest BCUT2D eigenvalue weighted by Gasteiger charge is -2.08. The molecule has 1 aromatic heterocycles. The fraction of sp³-hybridized carbons (Fsp3) is 0.375. The van der Waals surface area contributed by atoms with Crippen LogP contribution in [0.25, 0.3) is 10.9 Å². The van der Waals surface area contributed by atoms with E-state index in [2.05, 4.69) is 15.6 Å². The third-order valence-corrected chi connectivity index (χ3v) is 3.23. The van der Waals surface area contributed by atoms with Crippen molar-refractivity contribution in [2.45, 2.75) is 20.3 Å². The highest BCUT2D eigenvalue weighted by Gasteiger charge is 2.12. The Morgan fingerprint density at radius 1 is 1.14 bits per heavy atom. The van der Waals surface area contributed by atoms with E-state index in [1.54, 1.807) is 0 Å². The summed E-state index contributed by atoms with van der Waals surface area (Å²) in [5.74, 6) is -0.814. The van der Waals surface area contributed by atoms with Crippen molar-refractivity contribution >= 4 is 22.7 Å². The second kappa shape index (κ2) is 6.92. The Morgan fingerprint density at radius 3 is 2.62 bits per heavy atom. The lowest BCUT2D eigenvalue weighted by Crippen LogP contribution is -2.41. The summed E-state index contributed by atoms with van der Waals surface area (Å²) in [5.41, 5.74) is 2.21. The zero-order valence-corrected chi connectivity index (χ0v) is 12.4. The van der Waals surface area contributed by atoms with E-state index in [9.17, 15) is 9.59 Å². The minimum absolute atomic E-state index is 0.327. The molecule has 5 nitrogen and oxygen atoms in total. The molecule has 0 saturated heterocycles. The Labute approximate surface area is 124 Å². The molecule has 1 heterocycles. The topological polar surface area (TPSA) is 74.0 Å². The molecule has 0 aliphatic rings. The number of aromatic nitrogens is 1. The SMILES string of the molecule is CC(C)CNC(=O)C(=O)NCCc1c[nH]c2ccccc12. The summed E-state index contributed by atoms with van der Waals surface area (Å²) < 4.78 is 0. The molecule has 0 atom stereocenters. The van der Waals surface area contributed by atoms with Gasteiger partial charge in [-0.3, -0.25) is 9.59 Å². The van der Waals surface area contributed by atoms with Crippen LogP contribution in [-0.2, 0) is 16.0 Å². The molecule has 0 radical (unpaired) electrons. The van der Waals surface area contributed by atoms with Gasteiger partial charge in [-0.1, -0.05) is 32.0 Å². The van der Waals surface area contributed by atoms with Crippen molar-refractivity contribution in [1.29, 1.82) is 0 Å². The maximum absolute atomic E-state index is 11.6. The summed E-state index contributed by atoms with van der Waals surface area (Å²) in [4.78, 5) is 26.3. The minimum atomic E-state index is -0.574. The van der Waals surface area contributed by atoms with Crippen LogP contribution in [0.15, 0.2) is 30.5 Å². The van der Waals surface area contributed by atoms with Crippen molar-refractivity contribution in [3.05, 3.63) is 36.0 Å². The van der Waals surface area contributed by atoms with Crippen LogP contribution >= 0.6 is 0 Å². The molecule has 0 spiro atoms. The smallest absolute Gasteiger partial charge is 0.309 e. The minimum Gasteiger partial charge on any atom is -0.361 e. The van der Waals surface area contributed by atoms with E-state index in [1.807, 2.05) is 44.3 Å². The second-order valence-electron chi connectivity index (χ2n) is 5.47. The van der Waals surface area contributed by atoms with Crippen molar-refractivity contribution < 1.29 is 9.59 Å². The van der Waals surface area contributed by atoms with Gasteiger partial charge in [0.1, 0.15) is 0 Å². The fourth-order valence-electron chi connectivity index (χ4n) is 2.11. The first-order valence-electron chi connectivity index (χ1n) is 7.19. The predicted octanol–water partition coefficient (Wildman–Crippen LogP) is 1.60. The Morgan fingerprint density at radius 2 is 1.86 bits per heavy atom. The van der Waals surface area contributed by atoms with Crippen LogP contribution in [-0.4, -0.2) is 29.9 Å². The van der Waals surface area contributed by atoms with E-state index >= 15 is 0 Å². The van der Waals surface area contributed by atoms with Gasteiger partial charge >= 0.3 is 11.8 Å². The van der Waals surface area contributed by atoms with Gasteiger partial charge in [0, 0.05) is 30.2 Å². The van der Waals surface area contributed by atoms with Gasteiger partial charge in [0.2, 0.25) is 0 Å². The molecule has 21 heavy (non-hydrogen) atoms. The Bertz CT molecular complexity index is 631. The molecule has 0 saturated carbocycles. The van der Waals surface area contributed by atoms with Gasteiger partial charge in [-0.05, 0) is 24.0 Å². The number of carbonyl (C=O) groups is 2. The number of benzene rings is 1. The molecular formula is C16H21N3O2. The molecule has 1 aromatic carbocycles. The molecule has 0 aliphatic heterocycles. The van der Waals surface area contributed by atoms with Gasteiger partial charge < -0.3 is 15.6 Å². The number of hydrogen-bond acceptors (Lipinski definition) is 2. The number of amides is 2. The molecule has 2 aromatic rings. The zero-order chi connectivity index (χ0) is 15.2. The molecule has 5 heteroatoms. The van der Waals surface area contributed by atoms with Gasteiger partial charge in [-0.15, -0.1) is 0 Å². The van der Waals surface area contributed by atoms with Crippen molar-refractivity contribution in [2.75, 3.05) is 13.1 Å². The average Bonchev–Trinajstić information content (AvgIpc) is 2.88. The van der Waals surface area contributed by atoms with E-state index in [-0.39, 0.29) is 0 Å². The summed E-state index contributed by atoms with van der Waals surface area (Å²) in [6.45, 7) is 4.91. The standard InChI is InChI=1S/C16H21N3O2/c1-11(2)9-19-16(21)15(20)17-8-7-12-10-18-14-6-4-3-5-13(12)14/h3-6,10-11,18H,7-9H2,1-2H3,(H,17,20)(H,19,21). The van der Waals surface area contributed by atoms with Gasteiger partial charge in [0.15, 0.2) is 0 Å². The summed E-state index contributed by atoms with van der Waals surface area (Å²) in [7, 11) is 0. The molecule has 3 N–H and O–H groups in total. The summed E-state index contributed by atoms with van der Waals surface area (Å²) in [6.07, 6.45) is 2.63. The molecule has 2 amide bonds. The van der Waals surface area contributed by atoms with E-state index in [0.717, 1.165) is 16.5 Å². The number of nitrogens with one attached hydrogen (secondary N) is 3. The third-order valence-electron chi connectivity index (χ3n) is 3.23. The molecular weight excluding hydrogens is 266 g/mol. The number of fused-ring (bicyclic) bond motifs is 1. The molecule has 0 fully saturated rings. The van der Waals surface area contributed by atoms with Crippen LogP contribution in [0.4, 0.5) is 0 Å². The van der Waals surface area contributed by atoms with E-state index in [0.29, 0.717) is 25.4 Å². The number of carbonyl (C=O) groups excluding carboxylic acids is 2. The lowest BCUT2D eigenvalue weighted by molar-refractivity contribution is -0.139. The Kier molecular flexibility index (Phi) is 4.98. The quantitative estimate of drug-likeness (QED) is 0.731. The largest absolute Gasteiger partial charge is 0.361 e. The molecule has 0 unspecified atom stereocenters. The van der Waals surface area contributed by atoms with Crippen molar-refractivity contribution in [3.63, 3.8) is 0 Å². The van der Waals surface area contributed by atoms with Gasteiger partial charge in [0.05, 0.1) is 0 Å². The van der Waals surface area contributed by atoms with E-state index in [4.69, 9.17) is 0 Å². The summed E-state index contributed by atoms with van der Waals surface area (Å²) >= 11 is 0. The first kappa shape index (κ1) is 15.1. The van der Waals surface area contributed by atoms with Crippen LogP contribution in [0.2, 0.25) is 0 Å². The maximum Gasteiger partial charge on any atom is 0.309 e. The van der Waals surface area contributed by atoms with Crippen LogP contribution in [0, 0.1) is 5.92 Å². The highest BCUT2D eigenvalue weighted by molar-refractivity contribution is 6.35. The van der Waals surface area contributed by atoms with E-state index < -0.39 is 11.8 Å². The monoisotopic (exact) mass is 287 g/mol. The van der Waals surface area contributed by atoms with Gasteiger partial charge in [-0.2, -0.15) is 0 Å². The van der Waals surface area contributed by atoms with Crippen LogP contribution < -0.4 is 10.6 Å². The first-order chi connectivity index (χ1) is 10.1.